The molecule has 4 nitrogen and oxygen atoms in total. The number of carbonyl (C=O) groups excluding carboxylic acids is 2. The van der Waals surface area contributed by atoms with Gasteiger partial charge in [0.15, 0.2) is 0 Å². The highest BCUT2D eigenvalue weighted by atomic mass is 16.5. The largest absolute Gasteiger partial charge is 0.426 e. The number of amides is 1. The third kappa shape index (κ3) is 3.61. The van der Waals surface area contributed by atoms with Crippen LogP contribution >= 0.6 is 0 Å². The van der Waals surface area contributed by atoms with Gasteiger partial charge in [-0.15, -0.1) is 0 Å². The fraction of sp³-hybridized carbons (Fsp3) is 0.231. The van der Waals surface area contributed by atoms with Gasteiger partial charge in [-0.05, 0) is 65.6 Å². The van der Waals surface area contributed by atoms with Crippen LogP contribution in [0.3, 0.4) is 0 Å². The van der Waals surface area contributed by atoms with Crippen molar-refractivity contribution in [2.24, 2.45) is 5.92 Å². The minimum Gasteiger partial charge on any atom is -0.426 e. The first-order valence-electron chi connectivity index (χ1n) is 10.5. The molecule has 3 aromatic carbocycles. The Bertz CT molecular complexity index is 1110. The lowest BCUT2D eigenvalue weighted by Crippen LogP contribution is -2.34. The molecule has 1 amide bonds. The molecule has 0 spiro atoms. The van der Waals surface area contributed by atoms with Gasteiger partial charge in [0.25, 0.3) is 0 Å². The topological polar surface area (TPSA) is 55.4 Å². The van der Waals surface area contributed by atoms with Crippen molar-refractivity contribution in [3.05, 3.63) is 83.9 Å². The highest BCUT2D eigenvalue weighted by molar-refractivity contribution is 5.94. The lowest BCUT2D eigenvalue weighted by Gasteiger charge is -2.35. The highest BCUT2D eigenvalue weighted by Crippen LogP contribution is 2.43. The number of rotatable bonds is 4. The maximum atomic E-state index is 12.8. The van der Waals surface area contributed by atoms with E-state index in [2.05, 4.69) is 29.6 Å². The summed E-state index contributed by atoms with van der Waals surface area (Å²) in [4.78, 5) is 24.5. The molecule has 1 N–H and O–H groups in total. The van der Waals surface area contributed by atoms with Crippen LogP contribution < -0.4 is 10.1 Å². The third-order valence-corrected chi connectivity index (χ3v) is 6.20. The minimum absolute atomic E-state index is 0.0517. The van der Waals surface area contributed by atoms with Crippen LogP contribution in [0.4, 0.5) is 5.69 Å². The molecule has 1 aliphatic carbocycles. The molecule has 30 heavy (non-hydrogen) atoms. The van der Waals surface area contributed by atoms with E-state index >= 15 is 0 Å². The Hall–Kier alpha value is -3.40. The summed E-state index contributed by atoms with van der Waals surface area (Å²) in [5.74, 6) is 0.597. The van der Waals surface area contributed by atoms with Gasteiger partial charge in [0.05, 0.1) is 5.92 Å². The van der Waals surface area contributed by atoms with Crippen molar-refractivity contribution in [1.29, 1.82) is 0 Å². The van der Waals surface area contributed by atoms with E-state index in [1.165, 1.54) is 5.56 Å². The Balaban J connectivity index is 1.33. The molecule has 0 aromatic heterocycles. The Kier molecular flexibility index (Phi) is 4.83. The molecule has 1 heterocycles. The van der Waals surface area contributed by atoms with Gasteiger partial charge in [-0.3, -0.25) is 9.59 Å². The number of carbonyl (C=O) groups is 2. The zero-order valence-corrected chi connectivity index (χ0v) is 16.6. The van der Waals surface area contributed by atoms with Gasteiger partial charge < -0.3 is 10.1 Å². The number of aryl methyl sites for hydroxylation is 1. The van der Waals surface area contributed by atoms with Gasteiger partial charge in [-0.1, -0.05) is 54.6 Å². The minimum atomic E-state index is -0.162. The van der Waals surface area contributed by atoms with Crippen molar-refractivity contribution >= 4 is 17.6 Å². The van der Waals surface area contributed by atoms with E-state index in [-0.39, 0.29) is 23.7 Å². The van der Waals surface area contributed by atoms with Crippen LogP contribution in [0.5, 0.6) is 5.75 Å². The van der Waals surface area contributed by atoms with Crippen LogP contribution in [-0.4, -0.2) is 11.9 Å². The molecular formula is C26H23NO3. The van der Waals surface area contributed by atoms with E-state index in [9.17, 15) is 9.59 Å². The average molecular weight is 397 g/mol. The van der Waals surface area contributed by atoms with Gasteiger partial charge in [-0.2, -0.15) is 0 Å². The Morgan fingerprint density at radius 2 is 1.70 bits per heavy atom. The van der Waals surface area contributed by atoms with E-state index in [4.69, 9.17) is 4.74 Å². The van der Waals surface area contributed by atoms with Crippen molar-refractivity contribution in [3.8, 4) is 16.9 Å². The molecule has 0 saturated heterocycles. The molecule has 1 saturated carbocycles. The summed E-state index contributed by atoms with van der Waals surface area (Å²) >= 11 is 0. The molecule has 0 unspecified atom stereocenters. The monoisotopic (exact) mass is 397 g/mol. The van der Waals surface area contributed by atoms with E-state index in [0.29, 0.717) is 12.2 Å². The third-order valence-electron chi connectivity index (χ3n) is 6.20. The predicted octanol–water partition coefficient (Wildman–Crippen LogP) is 5.34. The van der Waals surface area contributed by atoms with E-state index in [1.807, 2.05) is 48.5 Å². The average Bonchev–Trinajstić information content (AvgIpc) is 2.73. The van der Waals surface area contributed by atoms with E-state index in [1.54, 1.807) is 0 Å². The highest BCUT2D eigenvalue weighted by Gasteiger charge is 2.38. The molecule has 5 rings (SSSR count). The molecule has 1 aliphatic heterocycles. The SMILES string of the molecule is O=C1CCc2ccc(-c3cccc(OC(=O)[C@@H]4CC[C@@H]4c4ccccc4)c3)cc2N1. The van der Waals surface area contributed by atoms with Crippen LogP contribution in [0.15, 0.2) is 72.8 Å². The van der Waals surface area contributed by atoms with Gasteiger partial charge in [0.2, 0.25) is 5.91 Å². The van der Waals surface area contributed by atoms with Gasteiger partial charge in [-0.25, -0.2) is 0 Å². The van der Waals surface area contributed by atoms with Gasteiger partial charge in [0.1, 0.15) is 5.75 Å². The number of esters is 1. The maximum Gasteiger partial charge on any atom is 0.314 e. The van der Waals surface area contributed by atoms with Crippen molar-refractivity contribution in [2.75, 3.05) is 5.32 Å². The Morgan fingerprint density at radius 1 is 0.867 bits per heavy atom. The number of nitrogens with one attached hydrogen (secondary N) is 1. The first kappa shape index (κ1) is 18.6. The van der Waals surface area contributed by atoms with E-state index < -0.39 is 0 Å². The van der Waals surface area contributed by atoms with Crippen LogP contribution in [0, 0.1) is 5.92 Å². The smallest absolute Gasteiger partial charge is 0.314 e. The van der Waals surface area contributed by atoms with Crippen molar-refractivity contribution < 1.29 is 14.3 Å². The summed E-state index contributed by atoms with van der Waals surface area (Å²) in [6.45, 7) is 0. The quantitative estimate of drug-likeness (QED) is 0.478. The number of fused-ring (bicyclic) bond motifs is 1. The molecule has 150 valence electrons. The lowest BCUT2D eigenvalue weighted by atomic mass is 9.70. The zero-order valence-electron chi connectivity index (χ0n) is 16.6. The first-order valence-corrected chi connectivity index (χ1v) is 10.5. The maximum absolute atomic E-state index is 12.8. The lowest BCUT2D eigenvalue weighted by molar-refractivity contribution is -0.142. The normalized spacial score (nSPS) is 19.9. The molecule has 2 atom stereocenters. The second kappa shape index (κ2) is 7.79. The number of benzene rings is 3. The number of anilines is 1. The second-order valence-corrected chi connectivity index (χ2v) is 8.07. The molecule has 4 heteroatoms. The second-order valence-electron chi connectivity index (χ2n) is 8.07. The predicted molar refractivity (Wildman–Crippen MR) is 116 cm³/mol. The number of hydrogen-bond donors (Lipinski definition) is 1. The van der Waals surface area contributed by atoms with Gasteiger partial charge >= 0.3 is 5.97 Å². The van der Waals surface area contributed by atoms with Crippen LogP contribution in [0.25, 0.3) is 11.1 Å². The molecular weight excluding hydrogens is 374 g/mol. The summed E-state index contributed by atoms with van der Waals surface area (Å²) in [5.41, 5.74) is 5.16. The molecule has 1 fully saturated rings. The Labute approximate surface area is 175 Å². The molecule has 3 aromatic rings. The van der Waals surface area contributed by atoms with Crippen LogP contribution in [0.1, 0.15) is 36.3 Å². The molecule has 0 radical (unpaired) electrons. The van der Waals surface area contributed by atoms with Crippen molar-refractivity contribution in [1.82, 2.24) is 0 Å². The van der Waals surface area contributed by atoms with Crippen LogP contribution in [0.2, 0.25) is 0 Å². The molecule has 2 aliphatic rings. The standard InChI is InChI=1S/C26H23NO3/c28-25-14-11-18-9-10-20(16-24(18)27-25)19-7-4-8-21(15-19)30-26(29)23-13-12-22(23)17-5-2-1-3-6-17/h1-10,15-16,22-23H,11-14H2,(H,27,28)/t22-,23-/m1/s1. The summed E-state index contributed by atoms with van der Waals surface area (Å²) in [7, 11) is 0. The summed E-state index contributed by atoms with van der Waals surface area (Å²) in [5, 5.41) is 2.94. The Morgan fingerprint density at radius 3 is 2.50 bits per heavy atom. The fourth-order valence-electron chi connectivity index (χ4n) is 4.36. The molecule has 0 bridgehead atoms. The van der Waals surface area contributed by atoms with Crippen molar-refractivity contribution in [2.45, 2.75) is 31.6 Å². The van der Waals surface area contributed by atoms with Crippen molar-refractivity contribution in [3.63, 3.8) is 0 Å². The summed E-state index contributed by atoms with van der Waals surface area (Å²) < 4.78 is 5.75. The summed E-state index contributed by atoms with van der Waals surface area (Å²) in [6.07, 6.45) is 3.18. The fourth-order valence-corrected chi connectivity index (χ4v) is 4.36. The number of hydrogen-bond acceptors (Lipinski definition) is 3. The first-order chi connectivity index (χ1) is 14.7. The zero-order chi connectivity index (χ0) is 20.5. The number of ether oxygens (including phenoxy) is 1. The van der Waals surface area contributed by atoms with Crippen LogP contribution in [-0.2, 0) is 16.0 Å². The van der Waals surface area contributed by atoms with Gasteiger partial charge in [0, 0.05) is 12.1 Å². The van der Waals surface area contributed by atoms with E-state index in [0.717, 1.165) is 41.6 Å². The summed E-state index contributed by atoms with van der Waals surface area (Å²) in [6, 6.07) is 23.9.